The summed E-state index contributed by atoms with van der Waals surface area (Å²) in [5.41, 5.74) is 9.40. The summed E-state index contributed by atoms with van der Waals surface area (Å²) in [7, 11) is 0. The lowest BCUT2D eigenvalue weighted by Crippen LogP contribution is -2.09. The molecule has 0 saturated carbocycles. The predicted molar refractivity (Wildman–Crippen MR) is 196 cm³/mol. The highest BCUT2D eigenvalue weighted by atomic mass is 15.1. The summed E-state index contributed by atoms with van der Waals surface area (Å²) in [5.74, 6) is 0. The molecule has 0 saturated heterocycles. The van der Waals surface area contributed by atoms with Gasteiger partial charge in [-0.25, -0.2) is 0 Å². The zero-order chi connectivity index (χ0) is 30.5. The Bertz CT molecular complexity index is 2440. The van der Waals surface area contributed by atoms with Gasteiger partial charge in [0.1, 0.15) is 0 Å². The minimum Gasteiger partial charge on any atom is -0.310 e. The Morgan fingerprint density at radius 3 is 1.52 bits per heavy atom. The molecule has 9 aromatic rings. The van der Waals surface area contributed by atoms with Crippen LogP contribution in [-0.2, 0) is 0 Å². The average molecular weight is 587 g/mol. The van der Waals surface area contributed by atoms with Crippen molar-refractivity contribution in [2.45, 2.75) is 0 Å². The van der Waals surface area contributed by atoms with Crippen LogP contribution in [0.3, 0.4) is 0 Å². The number of hydrogen-bond donors (Lipinski definition) is 0. The molecule has 0 radical (unpaired) electrons. The Balaban J connectivity index is 1.16. The van der Waals surface area contributed by atoms with Crippen molar-refractivity contribution in [1.29, 1.82) is 0 Å². The number of hydrogen-bond acceptors (Lipinski definition) is 1. The molecule has 0 aliphatic carbocycles. The number of benzene rings is 8. The van der Waals surface area contributed by atoms with Crippen molar-refractivity contribution in [3.63, 3.8) is 0 Å². The van der Waals surface area contributed by atoms with E-state index in [1.165, 1.54) is 60.2 Å². The van der Waals surface area contributed by atoms with E-state index in [0.29, 0.717) is 0 Å². The minimum absolute atomic E-state index is 1.12. The molecule has 0 bridgehead atoms. The summed E-state index contributed by atoms with van der Waals surface area (Å²) in [4.78, 5) is 2.36. The molecular formula is C44H30N2. The number of aromatic nitrogens is 1. The fraction of sp³-hybridized carbons (Fsp3) is 0. The molecule has 2 nitrogen and oxygen atoms in total. The van der Waals surface area contributed by atoms with Gasteiger partial charge in [0, 0.05) is 33.5 Å². The fourth-order valence-corrected chi connectivity index (χ4v) is 6.89. The third kappa shape index (κ3) is 4.43. The lowest BCUT2D eigenvalue weighted by molar-refractivity contribution is 1.18. The number of nitrogens with zero attached hydrogens (tertiary/aromatic N) is 2. The third-order valence-electron chi connectivity index (χ3n) is 9.13. The summed E-state index contributed by atoms with van der Waals surface area (Å²) < 4.78 is 2.36. The SMILES string of the molecule is c1ccc(-n2c3ccccc3c3cc(-c4ccc(N(c5ccc6ccccc6c5)c5ccc6ccccc6c5)cc4)ccc32)cc1. The average Bonchev–Trinajstić information content (AvgIpc) is 3.46. The van der Waals surface area contributed by atoms with Crippen molar-refractivity contribution < 1.29 is 0 Å². The Hall–Kier alpha value is -6.12. The first kappa shape index (κ1) is 26.3. The highest BCUT2D eigenvalue weighted by Gasteiger charge is 2.16. The molecule has 46 heavy (non-hydrogen) atoms. The summed E-state index contributed by atoms with van der Waals surface area (Å²) in [6.45, 7) is 0. The van der Waals surface area contributed by atoms with Crippen molar-refractivity contribution >= 4 is 60.4 Å². The van der Waals surface area contributed by atoms with Crippen molar-refractivity contribution in [1.82, 2.24) is 4.57 Å². The molecule has 0 atom stereocenters. The molecule has 1 aromatic heterocycles. The molecule has 9 rings (SSSR count). The van der Waals surface area contributed by atoms with Crippen LogP contribution in [-0.4, -0.2) is 4.57 Å². The summed E-state index contributed by atoms with van der Waals surface area (Å²) in [5, 5.41) is 7.46. The molecule has 0 amide bonds. The third-order valence-corrected chi connectivity index (χ3v) is 9.13. The first-order valence-electron chi connectivity index (χ1n) is 15.8. The first-order chi connectivity index (χ1) is 22.8. The number of anilines is 3. The van der Waals surface area contributed by atoms with Gasteiger partial charge in [0.25, 0.3) is 0 Å². The van der Waals surface area contributed by atoms with Crippen LogP contribution >= 0.6 is 0 Å². The Labute approximate surface area is 268 Å². The molecule has 0 aliphatic heterocycles. The van der Waals surface area contributed by atoms with Crippen LogP contribution in [0.4, 0.5) is 17.1 Å². The summed E-state index contributed by atoms with van der Waals surface area (Å²) >= 11 is 0. The van der Waals surface area contributed by atoms with E-state index in [1.54, 1.807) is 0 Å². The number of rotatable bonds is 5. The second kappa shape index (κ2) is 10.8. The van der Waals surface area contributed by atoms with Crippen LogP contribution < -0.4 is 4.90 Å². The van der Waals surface area contributed by atoms with E-state index >= 15 is 0 Å². The minimum atomic E-state index is 1.12. The quantitative estimate of drug-likeness (QED) is 0.195. The lowest BCUT2D eigenvalue weighted by atomic mass is 10.0. The standard InChI is InChI=1S/C44H30N2/c1-2-14-37(15-3-1)46-43-17-9-8-16-41(43)42-30-36(22-27-44(42)46)33-18-23-38(24-19-33)45(39-25-20-31-10-4-6-12-34(31)28-39)40-26-21-32-11-5-7-13-35(32)29-40/h1-30H. The number of para-hydroxylation sites is 2. The second-order valence-electron chi connectivity index (χ2n) is 11.9. The second-order valence-corrected chi connectivity index (χ2v) is 11.9. The van der Waals surface area contributed by atoms with Gasteiger partial charge < -0.3 is 9.47 Å². The van der Waals surface area contributed by atoms with Gasteiger partial charge in [-0.15, -0.1) is 0 Å². The Kier molecular flexibility index (Phi) is 6.17. The summed E-state index contributed by atoms with van der Waals surface area (Å²) in [6.07, 6.45) is 0. The monoisotopic (exact) mass is 586 g/mol. The van der Waals surface area contributed by atoms with Crippen molar-refractivity contribution in [3.05, 3.63) is 182 Å². The fourth-order valence-electron chi connectivity index (χ4n) is 6.89. The molecule has 0 unspecified atom stereocenters. The molecule has 8 aromatic carbocycles. The Morgan fingerprint density at radius 2 is 0.848 bits per heavy atom. The van der Waals surface area contributed by atoms with Gasteiger partial charge in [-0.3, -0.25) is 0 Å². The van der Waals surface area contributed by atoms with E-state index in [2.05, 4.69) is 191 Å². The van der Waals surface area contributed by atoms with E-state index < -0.39 is 0 Å². The molecule has 1 heterocycles. The van der Waals surface area contributed by atoms with Crippen molar-refractivity contribution in [3.8, 4) is 16.8 Å². The first-order valence-corrected chi connectivity index (χ1v) is 15.8. The predicted octanol–water partition coefficient (Wildman–Crippen LogP) is 12.2. The van der Waals surface area contributed by atoms with Crippen LogP contribution in [0.25, 0.3) is 60.2 Å². The Morgan fingerprint density at radius 1 is 0.326 bits per heavy atom. The number of fused-ring (bicyclic) bond motifs is 5. The molecule has 0 aliphatic rings. The molecule has 0 spiro atoms. The van der Waals surface area contributed by atoms with Gasteiger partial charge in [-0.2, -0.15) is 0 Å². The van der Waals surface area contributed by atoms with Crippen LogP contribution in [0.15, 0.2) is 182 Å². The van der Waals surface area contributed by atoms with Crippen molar-refractivity contribution in [2.75, 3.05) is 4.90 Å². The molecule has 2 heteroatoms. The molecular weight excluding hydrogens is 556 g/mol. The largest absolute Gasteiger partial charge is 0.310 e. The summed E-state index contributed by atoms with van der Waals surface area (Å²) in [6, 6.07) is 65.8. The maximum atomic E-state index is 2.36. The van der Waals surface area contributed by atoms with Crippen molar-refractivity contribution in [2.24, 2.45) is 0 Å². The zero-order valence-electron chi connectivity index (χ0n) is 25.2. The van der Waals surface area contributed by atoms with Gasteiger partial charge in [0.2, 0.25) is 0 Å². The zero-order valence-corrected chi connectivity index (χ0v) is 25.2. The van der Waals surface area contributed by atoms with Crippen LogP contribution in [0.2, 0.25) is 0 Å². The highest BCUT2D eigenvalue weighted by molar-refractivity contribution is 6.10. The highest BCUT2D eigenvalue weighted by Crippen LogP contribution is 2.39. The van der Waals surface area contributed by atoms with E-state index in [0.717, 1.165) is 17.1 Å². The van der Waals surface area contributed by atoms with Gasteiger partial charge in [-0.1, -0.05) is 115 Å². The van der Waals surface area contributed by atoms with Crippen LogP contribution in [0, 0.1) is 0 Å². The van der Waals surface area contributed by atoms with Gasteiger partial charge in [0.05, 0.1) is 11.0 Å². The molecule has 216 valence electrons. The smallest absolute Gasteiger partial charge is 0.0541 e. The molecule has 0 N–H and O–H groups in total. The van der Waals surface area contributed by atoms with E-state index in [1.807, 2.05) is 0 Å². The maximum absolute atomic E-state index is 2.36. The van der Waals surface area contributed by atoms with Gasteiger partial charge >= 0.3 is 0 Å². The normalized spacial score (nSPS) is 11.5. The van der Waals surface area contributed by atoms with Crippen LogP contribution in [0.5, 0.6) is 0 Å². The van der Waals surface area contributed by atoms with E-state index in [4.69, 9.17) is 0 Å². The molecule has 0 fully saturated rings. The van der Waals surface area contributed by atoms with Crippen LogP contribution in [0.1, 0.15) is 0 Å². The van der Waals surface area contributed by atoms with Gasteiger partial charge in [-0.05, 0) is 99.4 Å². The van der Waals surface area contributed by atoms with Gasteiger partial charge in [0.15, 0.2) is 0 Å². The maximum Gasteiger partial charge on any atom is 0.0541 e. The van der Waals surface area contributed by atoms with E-state index in [9.17, 15) is 0 Å². The van der Waals surface area contributed by atoms with E-state index in [-0.39, 0.29) is 0 Å². The lowest BCUT2D eigenvalue weighted by Gasteiger charge is -2.26. The topological polar surface area (TPSA) is 8.17 Å².